The minimum atomic E-state index is -0.616. The summed E-state index contributed by atoms with van der Waals surface area (Å²) in [5, 5.41) is 14.3. The van der Waals surface area contributed by atoms with Gasteiger partial charge in [-0.2, -0.15) is 0 Å². The lowest BCUT2D eigenvalue weighted by molar-refractivity contribution is -0.119. The summed E-state index contributed by atoms with van der Waals surface area (Å²) < 4.78 is 1.56. The fourth-order valence-electron chi connectivity index (χ4n) is 1.75. The Hall–Kier alpha value is -2.40. The summed E-state index contributed by atoms with van der Waals surface area (Å²) in [6.07, 6.45) is 0. The molecule has 0 saturated heterocycles. The number of imide groups is 1. The number of nitrogens with one attached hydrogen (secondary N) is 2. The summed E-state index contributed by atoms with van der Waals surface area (Å²) in [6, 6.07) is 3.11. The zero-order valence-electron chi connectivity index (χ0n) is 13.0. The van der Waals surface area contributed by atoms with Gasteiger partial charge in [0.2, 0.25) is 11.8 Å². The van der Waals surface area contributed by atoms with E-state index in [1.165, 1.54) is 18.4 Å². The van der Waals surface area contributed by atoms with E-state index in [-0.39, 0.29) is 6.54 Å². The summed E-state index contributed by atoms with van der Waals surface area (Å²) in [6.45, 7) is 1.52. The van der Waals surface area contributed by atoms with Crippen LogP contribution in [-0.2, 0) is 16.1 Å². The lowest BCUT2D eigenvalue weighted by Gasteiger charge is -2.11. The number of rotatable bonds is 6. The maximum Gasteiger partial charge on any atom is 0.321 e. The predicted octanol–water partition coefficient (Wildman–Crippen LogP) is 0.428. The van der Waals surface area contributed by atoms with Crippen molar-refractivity contribution in [1.82, 2.24) is 25.4 Å². The third-order valence-corrected chi connectivity index (χ3v) is 4.83. The fourth-order valence-corrected chi connectivity index (χ4v) is 3.32. The molecule has 4 amide bonds. The highest BCUT2D eigenvalue weighted by Gasteiger charge is 2.22. The van der Waals surface area contributed by atoms with Gasteiger partial charge in [-0.25, -0.2) is 4.79 Å². The highest BCUT2D eigenvalue weighted by Crippen LogP contribution is 2.29. The van der Waals surface area contributed by atoms with E-state index in [0.29, 0.717) is 11.0 Å². The lowest BCUT2D eigenvalue weighted by atomic mass is 10.4. The molecule has 2 aromatic heterocycles. The van der Waals surface area contributed by atoms with E-state index < -0.39 is 23.1 Å². The number of carbonyl (C=O) groups is 3. The van der Waals surface area contributed by atoms with Crippen LogP contribution < -0.4 is 16.4 Å². The second kappa shape index (κ2) is 7.93. The second-order valence-corrected chi connectivity index (χ2v) is 6.92. The van der Waals surface area contributed by atoms with E-state index in [0.717, 1.165) is 16.6 Å². The number of hydrogen-bond donors (Lipinski definition) is 3. The number of carbonyl (C=O) groups excluding carboxylic acids is 3. The molecule has 0 bridgehead atoms. The van der Waals surface area contributed by atoms with E-state index in [9.17, 15) is 14.4 Å². The molecule has 128 valence electrons. The number of primary amides is 1. The number of thioether (sulfide) groups is 1. The Morgan fingerprint density at radius 2 is 2.17 bits per heavy atom. The smallest absolute Gasteiger partial charge is 0.321 e. The number of nitrogens with two attached hydrogens (primary N) is 1. The molecule has 0 spiro atoms. The normalized spacial score (nSPS) is 11.8. The Morgan fingerprint density at radius 1 is 1.42 bits per heavy atom. The van der Waals surface area contributed by atoms with Gasteiger partial charge in [0.1, 0.15) is 6.54 Å². The predicted molar refractivity (Wildman–Crippen MR) is 90.4 cm³/mol. The molecule has 0 aromatic carbocycles. The highest BCUT2D eigenvalue weighted by molar-refractivity contribution is 8.00. The standard InChI is InChI=1S/C13H16N6O3S2/c1-7(11(21)16-12(22)15-2)24-13-18-17-10(8-4-3-5-23-8)19(13)6-9(14)20/h3-5,7H,6H2,1-2H3,(H2,14,20)(H2,15,16,21,22)/t7-/m1/s1. The lowest BCUT2D eigenvalue weighted by Crippen LogP contribution is -2.41. The summed E-state index contributed by atoms with van der Waals surface area (Å²) >= 11 is 2.54. The van der Waals surface area contributed by atoms with Crippen molar-refractivity contribution in [1.29, 1.82) is 0 Å². The molecular weight excluding hydrogens is 352 g/mol. The first-order valence-electron chi connectivity index (χ1n) is 6.87. The van der Waals surface area contributed by atoms with Crippen LogP contribution in [0.15, 0.2) is 22.7 Å². The number of aromatic nitrogens is 3. The van der Waals surface area contributed by atoms with Crippen LogP contribution >= 0.6 is 23.1 Å². The van der Waals surface area contributed by atoms with Gasteiger partial charge >= 0.3 is 6.03 Å². The zero-order chi connectivity index (χ0) is 17.7. The number of thiophene rings is 1. The average Bonchev–Trinajstić information content (AvgIpc) is 3.17. The topological polar surface area (TPSA) is 132 Å². The number of nitrogens with zero attached hydrogens (tertiary/aromatic N) is 3. The van der Waals surface area contributed by atoms with Crippen LogP contribution in [0.25, 0.3) is 10.7 Å². The largest absolute Gasteiger partial charge is 0.368 e. The van der Waals surface area contributed by atoms with Gasteiger partial charge in [0, 0.05) is 7.05 Å². The van der Waals surface area contributed by atoms with Gasteiger partial charge in [0.25, 0.3) is 0 Å². The maximum atomic E-state index is 11.9. The summed E-state index contributed by atoms with van der Waals surface area (Å²) in [4.78, 5) is 35.3. The summed E-state index contributed by atoms with van der Waals surface area (Å²) in [5.41, 5.74) is 5.30. The molecule has 0 saturated carbocycles. The van der Waals surface area contributed by atoms with Gasteiger partial charge in [0.05, 0.1) is 10.1 Å². The average molecular weight is 368 g/mol. The molecule has 4 N–H and O–H groups in total. The van der Waals surface area contributed by atoms with Crippen molar-refractivity contribution >= 4 is 40.9 Å². The number of hydrogen-bond acceptors (Lipinski definition) is 7. The van der Waals surface area contributed by atoms with Crippen molar-refractivity contribution in [3.63, 3.8) is 0 Å². The van der Waals surface area contributed by atoms with Gasteiger partial charge < -0.3 is 11.1 Å². The van der Waals surface area contributed by atoms with Crippen molar-refractivity contribution in [2.24, 2.45) is 5.73 Å². The van der Waals surface area contributed by atoms with E-state index in [1.54, 1.807) is 11.5 Å². The molecule has 0 aliphatic heterocycles. The molecule has 11 heteroatoms. The molecule has 9 nitrogen and oxygen atoms in total. The molecule has 2 heterocycles. The van der Waals surface area contributed by atoms with Crippen molar-refractivity contribution in [3.05, 3.63) is 17.5 Å². The van der Waals surface area contributed by atoms with Crippen LogP contribution in [0, 0.1) is 0 Å². The van der Waals surface area contributed by atoms with Crippen molar-refractivity contribution in [3.8, 4) is 10.7 Å². The van der Waals surface area contributed by atoms with Gasteiger partial charge in [-0.3, -0.25) is 19.5 Å². The van der Waals surface area contributed by atoms with E-state index >= 15 is 0 Å². The Morgan fingerprint density at radius 3 is 2.75 bits per heavy atom. The van der Waals surface area contributed by atoms with Crippen molar-refractivity contribution < 1.29 is 14.4 Å². The monoisotopic (exact) mass is 368 g/mol. The molecule has 0 fully saturated rings. The zero-order valence-corrected chi connectivity index (χ0v) is 14.6. The molecule has 2 aromatic rings. The van der Waals surface area contributed by atoms with Gasteiger partial charge in [-0.05, 0) is 18.4 Å². The summed E-state index contributed by atoms with van der Waals surface area (Å²) in [5.74, 6) is -0.521. The molecule has 1 atom stereocenters. The number of urea groups is 1. The molecule has 0 unspecified atom stereocenters. The number of amides is 4. The van der Waals surface area contributed by atoms with E-state index in [1.807, 2.05) is 17.5 Å². The minimum absolute atomic E-state index is 0.105. The Bertz CT molecular complexity index is 743. The van der Waals surface area contributed by atoms with Gasteiger partial charge in [-0.15, -0.1) is 21.5 Å². The van der Waals surface area contributed by atoms with Crippen LogP contribution in [0.2, 0.25) is 0 Å². The minimum Gasteiger partial charge on any atom is -0.368 e. The van der Waals surface area contributed by atoms with Crippen LogP contribution in [0.3, 0.4) is 0 Å². The summed E-state index contributed by atoms with van der Waals surface area (Å²) in [7, 11) is 1.41. The Kier molecular flexibility index (Phi) is 5.93. The highest BCUT2D eigenvalue weighted by atomic mass is 32.2. The second-order valence-electron chi connectivity index (χ2n) is 4.66. The third kappa shape index (κ3) is 4.32. The van der Waals surface area contributed by atoms with Crippen LogP contribution in [0.5, 0.6) is 0 Å². The maximum absolute atomic E-state index is 11.9. The van der Waals surface area contributed by atoms with Crippen LogP contribution in [0.1, 0.15) is 6.92 Å². The molecule has 0 aliphatic rings. The Labute approximate surface area is 146 Å². The first-order chi connectivity index (χ1) is 11.4. The van der Waals surface area contributed by atoms with Crippen molar-refractivity contribution in [2.45, 2.75) is 23.9 Å². The van der Waals surface area contributed by atoms with Crippen LogP contribution in [0.4, 0.5) is 4.79 Å². The molecular formula is C13H16N6O3S2. The van der Waals surface area contributed by atoms with Crippen LogP contribution in [-0.4, -0.2) is 44.9 Å². The molecule has 0 radical (unpaired) electrons. The molecule has 24 heavy (non-hydrogen) atoms. The van der Waals surface area contributed by atoms with E-state index in [2.05, 4.69) is 20.8 Å². The first kappa shape index (κ1) is 17.9. The van der Waals surface area contributed by atoms with Gasteiger partial charge in [-0.1, -0.05) is 17.8 Å². The third-order valence-electron chi connectivity index (χ3n) is 2.89. The van der Waals surface area contributed by atoms with Crippen molar-refractivity contribution in [2.75, 3.05) is 7.05 Å². The molecule has 2 rings (SSSR count). The fraction of sp³-hybridized carbons (Fsp3) is 0.308. The molecule has 0 aliphatic carbocycles. The first-order valence-corrected chi connectivity index (χ1v) is 8.63. The van der Waals surface area contributed by atoms with E-state index in [4.69, 9.17) is 5.73 Å². The quantitative estimate of drug-likeness (QED) is 0.634. The van der Waals surface area contributed by atoms with Gasteiger partial charge in [0.15, 0.2) is 11.0 Å². The Balaban J connectivity index is 2.22. The SMILES string of the molecule is CNC(=O)NC(=O)[C@@H](C)Sc1nnc(-c2cccs2)n1CC(N)=O.